The van der Waals surface area contributed by atoms with Crippen molar-refractivity contribution in [3.05, 3.63) is 29.8 Å². The highest BCUT2D eigenvalue weighted by atomic mass is 16.5. The van der Waals surface area contributed by atoms with Gasteiger partial charge in [-0.2, -0.15) is 0 Å². The normalized spacial score (nSPS) is 11.0. The van der Waals surface area contributed by atoms with Gasteiger partial charge in [-0.05, 0) is 23.6 Å². The third-order valence-corrected chi connectivity index (χ3v) is 1.94. The molecule has 16 heavy (non-hydrogen) atoms. The second kappa shape index (κ2) is 5.01. The fourth-order valence-electron chi connectivity index (χ4n) is 1.12. The van der Waals surface area contributed by atoms with E-state index in [0.29, 0.717) is 17.9 Å². The molecule has 0 aliphatic rings. The lowest BCUT2D eigenvalue weighted by molar-refractivity contribution is 0.0366. The Kier molecular flexibility index (Phi) is 3.93. The summed E-state index contributed by atoms with van der Waals surface area (Å²) >= 11 is 0. The summed E-state index contributed by atoms with van der Waals surface area (Å²) in [6, 6.07) is 6.95. The summed E-state index contributed by atoms with van der Waals surface area (Å²) in [6.07, 6.45) is 0. The Hall–Kier alpha value is -1.51. The molecular formula is C13H18O3. The molecule has 0 unspecified atom stereocenters. The van der Waals surface area contributed by atoms with Crippen LogP contribution in [-0.4, -0.2) is 19.7 Å². The Bertz CT molecular complexity index is 364. The summed E-state index contributed by atoms with van der Waals surface area (Å²) in [4.78, 5) is 11.7. The Morgan fingerprint density at radius 1 is 1.31 bits per heavy atom. The minimum Gasteiger partial charge on any atom is -0.497 e. The number of hydrogen-bond donors (Lipinski definition) is 0. The highest BCUT2D eigenvalue weighted by Gasteiger charge is 2.15. The molecule has 1 aromatic rings. The zero-order chi connectivity index (χ0) is 12.2. The Morgan fingerprint density at radius 2 is 2.00 bits per heavy atom. The van der Waals surface area contributed by atoms with E-state index in [4.69, 9.17) is 9.47 Å². The maximum atomic E-state index is 11.7. The third kappa shape index (κ3) is 3.93. The maximum Gasteiger partial charge on any atom is 0.338 e. The zero-order valence-corrected chi connectivity index (χ0v) is 10.2. The molecule has 0 saturated carbocycles. The number of ether oxygens (including phenoxy) is 2. The number of methoxy groups -OCH3 is 1. The standard InChI is InChI=1S/C13H18O3/c1-13(2,3)9-16-12(14)10-6-5-7-11(8-10)15-4/h5-8H,9H2,1-4H3. The molecule has 0 saturated heterocycles. The monoisotopic (exact) mass is 222 g/mol. The Morgan fingerprint density at radius 3 is 2.56 bits per heavy atom. The van der Waals surface area contributed by atoms with Crippen LogP contribution in [0.2, 0.25) is 0 Å². The van der Waals surface area contributed by atoms with Crippen LogP contribution in [0.1, 0.15) is 31.1 Å². The van der Waals surface area contributed by atoms with E-state index in [1.807, 2.05) is 20.8 Å². The van der Waals surface area contributed by atoms with Crippen molar-refractivity contribution in [1.29, 1.82) is 0 Å². The van der Waals surface area contributed by atoms with E-state index in [-0.39, 0.29) is 11.4 Å². The molecule has 3 heteroatoms. The molecule has 0 aliphatic heterocycles. The topological polar surface area (TPSA) is 35.5 Å². The molecule has 0 spiro atoms. The second-order valence-corrected chi connectivity index (χ2v) is 4.87. The van der Waals surface area contributed by atoms with Crippen molar-refractivity contribution in [2.45, 2.75) is 20.8 Å². The fourth-order valence-corrected chi connectivity index (χ4v) is 1.12. The highest BCUT2D eigenvalue weighted by Crippen LogP contribution is 2.16. The van der Waals surface area contributed by atoms with Gasteiger partial charge in [0.25, 0.3) is 0 Å². The minimum atomic E-state index is -0.311. The average molecular weight is 222 g/mol. The molecule has 0 bridgehead atoms. The van der Waals surface area contributed by atoms with Crippen molar-refractivity contribution in [3.8, 4) is 5.75 Å². The van der Waals surface area contributed by atoms with Gasteiger partial charge in [-0.15, -0.1) is 0 Å². The van der Waals surface area contributed by atoms with Crippen LogP contribution in [0.5, 0.6) is 5.75 Å². The summed E-state index contributed by atoms with van der Waals surface area (Å²) in [7, 11) is 1.57. The quantitative estimate of drug-likeness (QED) is 0.738. The minimum absolute atomic E-state index is 0.0193. The molecule has 88 valence electrons. The molecule has 0 aliphatic carbocycles. The van der Waals surface area contributed by atoms with Crippen molar-refractivity contribution >= 4 is 5.97 Å². The fraction of sp³-hybridized carbons (Fsp3) is 0.462. The molecular weight excluding hydrogens is 204 g/mol. The van der Waals surface area contributed by atoms with Gasteiger partial charge in [0.1, 0.15) is 5.75 Å². The first-order valence-electron chi connectivity index (χ1n) is 5.23. The van der Waals surface area contributed by atoms with Crippen LogP contribution in [0.3, 0.4) is 0 Å². The molecule has 0 amide bonds. The summed E-state index contributed by atoms with van der Waals surface area (Å²) in [5.41, 5.74) is 0.498. The van der Waals surface area contributed by atoms with Crippen LogP contribution >= 0.6 is 0 Å². The lowest BCUT2D eigenvalue weighted by Gasteiger charge is -2.17. The van der Waals surface area contributed by atoms with Gasteiger partial charge in [0.15, 0.2) is 0 Å². The number of benzene rings is 1. The molecule has 1 aromatic carbocycles. The van der Waals surface area contributed by atoms with E-state index in [1.54, 1.807) is 31.4 Å². The van der Waals surface area contributed by atoms with E-state index in [0.717, 1.165) is 0 Å². The summed E-state index contributed by atoms with van der Waals surface area (Å²) in [5.74, 6) is 0.346. The molecule has 0 radical (unpaired) electrons. The number of hydrogen-bond acceptors (Lipinski definition) is 3. The van der Waals surface area contributed by atoms with Crippen molar-refractivity contribution in [2.75, 3.05) is 13.7 Å². The van der Waals surface area contributed by atoms with Gasteiger partial charge in [-0.3, -0.25) is 0 Å². The zero-order valence-electron chi connectivity index (χ0n) is 10.2. The van der Waals surface area contributed by atoms with Crippen LogP contribution in [0.4, 0.5) is 0 Å². The lowest BCUT2D eigenvalue weighted by atomic mass is 9.99. The molecule has 0 atom stereocenters. The van der Waals surface area contributed by atoms with Crippen LogP contribution < -0.4 is 4.74 Å². The van der Waals surface area contributed by atoms with Gasteiger partial charge in [0, 0.05) is 0 Å². The van der Waals surface area contributed by atoms with E-state index in [1.165, 1.54) is 0 Å². The van der Waals surface area contributed by atoms with Gasteiger partial charge >= 0.3 is 5.97 Å². The van der Waals surface area contributed by atoms with Crippen LogP contribution in [0.15, 0.2) is 24.3 Å². The van der Waals surface area contributed by atoms with Crippen LogP contribution in [0.25, 0.3) is 0 Å². The van der Waals surface area contributed by atoms with Gasteiger partial charge in [-0.1, -0.05) is 26.8 Å². The molecule has 0 N–H and O–H groups in total. The smallest absolute Gasteiger partial charge is 0.338 e. The lowest BCUT2D eigenvalue weighted by Crippen LogP contribution is -2.18. The summed E-state index contributed by atoms with van der Waals surface area (Å²) < 4.78 is 10.2. The third-order valence-electron chi connectivity index (χ3n) is 1.94. The van der Waals surface area contributed by atoms with Crippen LogP contribution in [0, 0.1) is 5.41 Å². The van der Waals surface area contributed by atoms with Gasteiger partial charge in [0.2, 0.25) is 0 Å². The van der Waals surface area contributed by atoms with E-state index >= 15 is 0 Å². The van der Waals surface area contributed by atoms with Gasteiger partial charge in [0.05, 0.1) is 19.3 Å². The van der Waals surface area contributed by atoms with Crippen molar-refractivity contribution in [1.82, 2.24) is 0 Å². The second-order valence-electron chi connectivity index (χ2n) is 4.87. The highest BCUT2D eigenvalue weighted by molar-refractivity contribution is 5.89. The summed E-state index contributed by atoms with van der Waals surface area (Å²) in [5, 5.41) is 0. The number of esters is 1. The molecule has 0 heterocycles. The van der Waals surface area contributed by atoms with E-state index < -0.39 is 0 Å². The maximum absolute atomic E-state index is 11.7. The molecule has 0 fully saturated rings. The van der Waals surface area contributed by atoms with E-state index in [9.17, 15) is 4.79 Å². The Labute approximate surface area is 96.4 Å². The van der Waals surface area contributed by atoms with Crippen LogP contribution in [-0.2, 0) is 4.74 Å². The predicted octanol–water partition coefficient (Wildman–Crippen LogP) is 2.90. The van der Waals surface area contributed by atoms with Crippen molar-refractivity contribution < 1.29 is 14.3 Å². The first kappa shape index (κ1) is 12.6. The van der Waals surface area contributed by atoms with Gasteiger partial charge in [-0.25, -0.2) is 4.79 Å². The number of rotatable bonds is 3. The number of carbonyl (C=O) groups excluding carboxylic acids is 1. The van der Waals surface area contributed by atoms with Crippen molar-refractivity contribution in [3.63, 3.8) is 0 Å². The molecule has 0 aromatic heterocycles. The average Bonchev–Trinajstić information content (AvgIpc) is 2.25. The SMILES string of the molecule is COc1cccc(C(=O)OCC(C)(C)C)c1. The Balaban J connectivity index is 2.66. The predicted molar refractivity (Wildman–Crippen MR) is 62.7 cm³/mol. The summed E-state index contributed by atoms with van der Waals surface area (Å²) in [6.45, 7) is 6.46. The largest absolute Gasteiger partial charge is 0.497 e. The van der Waals surface area contributed by atoms with Gasteiger partial charge < -0.3 is 9.47 Å². The number of carbonyl (C=O) groups is 1. The first-order chi connectivity index (χ1) is 7.42. The first-order valence-corrected chi connectivity index (χ1v) is 5.23. The van der Waals surface area contributed by atoms with Crippen molar-refractivity contribution in [2.24, 2.45) is 5.41 Å². The molecule has 1 rings (SSSR count). The molecule has 3 nitrogen and oxygen atoms in total. The van der Waals surface area contributed by atoms with E-state index in [2.05, 4.69) is 0 Å².